The first-order valence-corrected chi connectivity index (χ1v) is 9.25. The number of halogens is 1. The van der Waals surface area contributed by atoms with Crippen molar-refractivity contribution in [3.63, 3.8) is 0 Å². The summed E-state index contributed by atoms with van der Waals surface area (Å²) in [5.74, 6) is -1.38. The maximum Gasteiger partial charge on any atom is 0.316 e. The number of carbonyl (C=O) groups excluding carboxylic acids is 2. The summed E-state index contributed by atoms with van der Waals surface area (Å²) in [4.78, 5) is 24.1. The highest BCUT2D eigenvalue weighted by Gasteiger charge is 2.13. The van der Waals surface area contributed by atoms with Crippen LogP contribution in [0.5, 0.6) is 0 Å². The quantitative estimate of drug-likeness (QED) is 0.588. The van der Waals surface area contributed by atoms with E-state index < -0.39 is 5.97 Å². The number of amides is 1. The van der Waals surface area contributed by atoms with E-state index in [4.69, 9.17) is 4.74 Å². The average Bonchev–Trinajstić information content (AvgIpc) is 2.61. The molecule has 4 nitrogen and oxygen atoms in total. The molecule has 0 aliphatic carbocycles. The molecule has 0 spiro atoms. The first-order valence-electron chi connectivity index (χ1n) is 8.26. The highest BCUT2D eigenvalue weighted by Crippen LogP contribution is 2.21. The van der Waals surface area contributed by atoms with Crippen LogP contribution in [0.4, 0.5) is 4.39 Å². The van der Waals surface area contributed by atoms with Gasteiger partial charge in [0.2, 0.25) is 0 Å². The number of hydrogen-bond donors (Lipinski definition) is 1. The molecule has 0 aromatic heterocycles. The molecule has 0 fully saturated rings. The van der Waals surface area contributed by atoms with E-state index in [1.54, 1.807) is 18.2 Å². The zero-order chi connectivity index (χ0) is 19.1. The summed E-state index contributed by atoms with van der Waals surface area (Å²) in [7, 11) is 0. The van der Waals surface area contributed by atoms with Gasteiger partial charge in [-0.3, -0.25) is 9.59 Å². The second-order valence-corrected chi connectivity index (χ2v) is 7.03. The summed E-state index contributed by atoms with van der Waals surface area (Å²) >= 11 is 1.04. The van der Waals surface area contributed by atoms with Crippen LogP contribution in [-0.2, 0) is 14.3 Å². The smallest absolute Gasteiger partial charge is 0.316 e. The Balaban J connectivity index is 1.76. The molecule has 0 saturated heterocycles. The van der Waals surface area contributed by atoms with Crippen LogP contribution in [0, 0.1) is 19.7 Å². The van der Waals surface area contributed by atoms with Gasteiger partial charge >= 0.3 is 5.97 Å². The summed E-state index contributed by atoms with van der Waals surface area (Å²) < 4.78 is 18.4. The fraction of sp³-hybridized carbons (Fsp3) is 0.300. The molecule has 6 heteroatoms. The Hall–Kier alpha value is -2.34. The van der Waals surface area contributed by atoms with Gasteiger partial charge in [0.1, 0.15) is 5.82 Å². The van der Waals surface area contributed by atoms with Gasteiger partial charge < -0.3 is 10.1 Å². The normalized spacial score (nSPS) is 11.7. The third-order valence-corrected chi connectivity index (χ3v) is 4.98. The Labute approximate surface area is 157 Å². The predicted molar refractivity (Wildman–Crippen MR) is 101 cm³/mol. The van der Waals surface area contributed by atoms with Gasteiger partial charge in [-0.1, -0.05) is 30.3 Å². The number of thioether (sulfide) groups is 1. The van der Waals surface area contributed by atoms with Gasteiger partial charge in [-0.05, 0) is 49.6 Å². The molecule has 1 N–H and O–H groups in total. The highest BCUT2D eigenvalue weighted by atomic mass is 32.2. The number of aryl methyl sites for hydroxylation is 2. The molecule has 2 aromatic rings. The predicted octanol–water partition coefficient (Wildman–Crippen LogP) is 3.96. The lowest BCUT2D eigenvalue weighted by molar-refractivity contribution is -0.146. The molecular weight excluding hydrogens is 353 g/mol. The standard InChI is InChI=1S/C20H22FNO3S/c1-13-8-9-16(10-14(13)2)15(3)22-19(23)11-25-20(24)12-26-18-7-5-4-6-17(18)21/h4-10,15H,11-12H2,1-3H3,(H,22,23)/t15-/m1/s1. The highest BCUT2D eigenvalue weighted by molar-refractivity contribution is 8.00. The van der Waals surface area contributed by atoms with Gasteiger partial charge in [-0.2, -0.15) is 0 Å². The van der Waals surface area contributed by atoms with Crippen LogP contribution >= 0.6 is 11.8 Å². The minimum atomic E-state index is -0.563. The third-order valence-electron chi connectivity index (χ3n) is 3.95. The molecule has 1 amide bonds. The monoisotopic (exact) mass is 375 g/mol. The molecule has 26 heavy (non-hydrogen) atoms. The van der Waals surface area contributed by atoms with E-state index in [9.17, 15) is 14.0 Å². The molecule has 0 aliphatic heterocycles. The molecule has 1 atom stereocenters. The van der Waals surface area contributed by atoms with Crippen LogP contribution in [0.2, 0.25) is 0 Å². The van der Waals surface area contributed by atoms with Crippen molar-refractivity contribution in [1.29, 1.82) is 0 Å². The summed E-state index contributed by atoms with van der Waals surface area (Å²) in [5, 5.41) is 2.80. The van der Waals surface area contributed by atoms with E-state index >= 15 is 0 Å². The zero-order valence-electron chi connectivity index (χ0n) is 15.0. The fourth-order valence-corrected chi connectivity index (χ4v) is 3.02. The van der Waals surface area contributed by atoms with Gasteiger partial charge in [0.15, 0.2) is 6.61 Å². The number of carbonyl (C=O) groups is 2. The van der Waals surface area contributed by atoms with E-state index in [-0.39, 0.29) is 30.1 Å². The van der Waals surface area contributed by atoms with Crippen molar-refractivity contribution in [1.82, 2.24) is 5.32 Å². The van der Waals surface area contributed by atoms with E-state index in [2.05, 4.69) is 5.32 Å². The molecule has 2 rings (SSSR count). The molecular formula is C20H22FNO3S. The minimum Gasteiger partial charge on any atom is -0.455 e. The average molecular weight is 375 g/mol. The molecule has 138 valence electrons. The van der Waals surface area contributed by atoms with Crippen LogP contribution in [-0.4, -0.2) is 24.2 Å². The van der Waals surface area contributed by atoms with E-state index in [0.717, 1.165) is 22.9 Å². The van der Waals surface area contributed by atoms with Crippen molar-refractivity contribution in [3.05, 3.63) is 65.0 Å². The van der Waals surface area contributed by atoms with Crippen molar-refractivity contribution in [3.8, 4) is 0 Å². The summed E-state index contributed by atoms with van der Waals surface area (Å²) in [6, 6.07) is 12.0. The molecule has 0 radical (unpaired) electrons. The summed E-state index contributed by atoms with van der Waals surface area (Å²) in [5.41, 5.74) is 3.33. The molecule has 2 aromatic carbocycles. The molecule has 0 aliphatic rings. The van der Waals surface area contributed by atoms with Crippen LogP contribution < -0.4 is 5.32 Å². The third kappa shape index (κ3) is 5.88. The van der Waals surface area contributed by atoms with Crippen LogP contribution in [0.25, 0.3) is 0 Å². The van der Waals surface area contributed by atoms with Gasteiger partial charge in [0.05, 0.1) is 11.8 Å². The molecule has 0 saturated carbocycles. The zero-order valence-corrected chi connectivity index (χ0v) is 15.9. The van der Waals surface area contributed by atoms with Gasteiger partial charge in [-0.15, -0.1) is 11.8 Å². The lowest BCUT2D eigenvalue weighted by Crippen LogP contribution is -2.31. The van der Waals surface area contributed by atoms with Gasteiger partial charge in [-0.25, -0.2) is 4.39 Å². The Morgan fingerprint density at radius 3 is 2.58 bits per heavy atom. The summed E-state index contributed by atoms with van der Waals surface area (Å²) in [6.07, 6.45) is 0. The number of esters is 1. The second-order valence-electron chi connectivity index (χ2n) is 6.01. The maximum atomic E-state index is 13.5. The van der Waals surface area contributed by atoms with Gasteiger partial charge in [0, 0.05) is 4.90 Å². The fourth-order valence-electron chi connectivity index (χ4n) is 2.29. The molecule has 0 heterocycles. The number of ether oxygens (including phenoxy) is 1. The number of hydrogen-bond acceptors (Lipinski definition) is 4. The molecule has 0 bridgehead atoms. The SMILES string of the molecule is Cc1ccc([C@@H](C)NC(=O)COC(=O)CSc2ccccc2F)cc1C. The van der Waals surface area contributed by atoms with Crippen LogP contribution in [0.1, 0.15) is 29.7 Å². The Kier molecular flexibility index (Phi) is 7.21. The van der Waals surface area contributed by atoms with E-state index in [1.165, 1.54) is 11.6 Å². The van der Waals surface area contributed by atoms with E-state index in [0.29, 0.717) is 4.90 Å². The number of rotatable bonds is 7. The summed E-state index contributed by atoms with van der Waals surface area (Å²) in [6.45, 7) is 5.56. The van der Waals surface area contributed by atoms with Crippen molar-refractivity contribution < 1.29 is 18.7 Å². The van der Waals surface area contributed by atoms with Crippen molar-refractivity contribution in [2.45, 2.75) is 31.7 Å². The largest absolute Gasteiger partial charge is 0.455 e. The number of benzene rings is 2. The Morgan fingerprint density at radius 1 is 1.15 bits per heavy atom. The lowest BCUT2D eigenvalue weighted by Gasteiger charge is -2.15. The maximum absolute atomic E-state index is 13.5. The second kappa shape index (κ2) is 9.38. The van der Waals surface area contributed by atoms with Crippen LogP contribution in [0.15, 0.2) is 47.4 Å². The van der Waals surface area contributed by atoms with E-state index in [1.807, 2.05) is 39.0 Å². The Morgan fingerprint density at radius 2 is 1.88 bits per heavy atom. The van der Waals surface area contributed by atoms with Crippen LogP contribution in [0.3, 0.4) is 0 Å². The number of nitrogens with one attached hydrogen (secondary N) is 1. The Bertz CT molecular complexity index is 794. The first kappa shape index (κ1) is 20.0. The minimum absolute atomic E-state index is 0.0546. The van der Waals surface area contributed by atoms with Crippen molar-refractivity contribution >= 4 is 23.6 Å². The van der Waals surface area contributed by atoms with Crippen molar-refractivity contribution in [2.75, 3.05) is 12.4 Å². The van der Waals surface area contributed by atoms with Gasteiger partial charge in [0.25, 0.3) is 5.91 Å². The molecule has 0 unspecified atom stereocenters. The first-order chi connectivity index (χ1) is 12.4. The van der Waals surface area contributed by atoms with Crippen molar-refractivity contribution in [2.24, 2.45) is 0 Å². The topological polar surface area (TPSA) is 55.4 Å². The lowest BCUT2D eigenvalue weighted by atomic mass is 10.0.